The van der Waals surface area contributed by atoms with E-state index in [2.05, 4.69) is 22.2 Å². The van der Waals surface area contributed by atoms with Crippen molar-refractivity contribution in [3.8, 4) is 0 Å². The maximum atomic E-state index is 5.59. The summed E-state index contributed by atoms with van der Waals surface area (Å²) in [5.74, 6) is 0.515. The fourth-order valence-corrected chi connectivity index (χ4v) is 0.875. The van der Waals surface area contributed by atoms with Crippen molar-refractivity contribution in [1.82, 2.24) is 9.97 Å². The summed E-state index contributed by atoms with van der Waals surface area (Å²) in [4.78, 5) is 7.73. The SMILES string of the molecule is CCCCNc1cncnc1N. The van der Waals surface area contributed by atoms with Crippen LogP contribution in [0.25, 0.3) is 0 Å². The van der Waals surface area contributed by atoms with Crippen LogP contribution in [0.1, 0.15) is 19.8 Å². The number of hydrogen-bond acceptors (Lipinski definition) is 4. The summed E-state index contributed by atoms with van der Waals surface area (Å²) in [7, 11) is 0. The zero-order valence-electron chi connectivity index (χ0n) is 7.25. The highest BCUT2D eigenvalue weighted by Crippen LogP contribution is 2.11. The van der Waals surface area contributed by atoms with Crippen molar-refractivity contribution in [3.05, 3.63) is 12.5 Å². The lowest BCUT2D eigenvalue weighted by molar-refractivity contribution is 0.833. The van der Waals surface area contributed by atoms with E-state index >= 15 is 0 Å². The molecule has 0 bridgehead atoms. The van der Waals surface area contributed by atoms with E-state index in [0.29, 0.717) is 5.82 Å². The van der Waals surface area contributed by atoms with Gasteiger partial charge in [-0.2, -0.15) is 0 Å². The van der Waals surface area contributed by atoms with E-state index in [0.717, 1.165) is 18.7 Å². The number of nitrogen functional groups attached to an aromatic ring is 1. The van der Waals surface area contributed by atoms with Crippen molar-refractivity contribution in [2.75, 3.05) is 17.6 Å². The van der Waals surface area contributed by atoms with Crippen molar-refractivity contribution in [3.63, 3.8) is 0 Å². The molecular formula is C8H14N4. The second-order valence-electron chi connectivity index (χ2n) is 2.60. The van der Waals surface area contributed by atoms with Crippen LogP contribution in [0.15, 0.2) is 12.5 Å². The standard InChI is InChI=1S/C8H14N4/c1-2-3-4-11-7-5-10-6-12-8(7)9/h5-6,11H,2-4H2,1H3,(H2,9,10,12). The van der Waals surface area contributed by atoms with E-state index in [9.17, 15) is 0 Å². The van der Waals surface area contributed by atoms with Gasteiger partial charge in [0, 0.05) is 6.54 Å². The van der Waals surface area contributed by atoms with E-state index in [1.807, 2.05) is 0 Å². The number of nitrogens with zero attached hydrogens (tertiary/aromatic N) is 2. The molecule has 0 saturated heterocycles. The Hall–Kier alpha value is -1.32. The maximum Gasteiger partial charge on any atom is 0.150 e. The second kappa shape index (κ2) is 4.54. The van der Waals surface area contributed by atoms with Gasteiger partial charge in [-0.3, -0.25) is 0 Å². The number of anilines is 2. The summed E-state index contributed by atoms with van der Waals surface area (Å²) in [6.45, 7) is 3.07. The van der Waals surface area contributed by atoms with Gasteiger partial charge in [-0.05, 0) is 6.42 Å². The molecule has 1 aromatic rings. The number of unbranched alkanes of at least 4 members (excludes halogenated alkanes) is 1. The van der Waals surface area contributed by atoms with Crippen LogP contribution in [0.4, 0.5) is 11.5 Å². The molecule has 0 saturated carbocycles. The molecule has 1 rings (SSSR count). The van der Waals surface area contributed by atoms with E-state index in [4.69, 9.17) is 5.73 Å². The highest BCUT2D eigenvalue weighted by molar-refractivity contribution is 5.59. The molecule has 4 nitrogen and oxygen atoms in total. The third-order valence-electron chi connectivity index (χ3n) is 1.59. The minimum atomic E-state index is 0.515. The predicted octanol–water partition coefficient (Wildman–Crippen LogP) is 1.27. The lowest BCUT2D eigenvalue weighted by Crippen LogP contribution is -2.05. The lowest BCUT2D eigenvalue weighted by Gasteiger charge is -2.05. The van der Waals surface area contributed by atoms with Gasteiger partial charge in [0.2, 0.25) is 0 Å². The van der Waals surface area contributed by atoms with Crippen LogP contribution >= 0.6 is 0 Å². The van der Waals surface area contributed by atoms with E-state index in [-0.39, 0.29) is 0 Å². The highest BCUT2D eigenvalue weighted by atomic mass is 15.0. The Morgan fingerprint density at radius 3 is 3.08 bits per heavy atom. The van der Waals surface area contributed by atoms with Gasteiger partial charge < -0.3 is 11.1 Å². The fraction of sp³-hybridized carbons (Fsp3) is 0.500. The molecule has 12 heavy (non-hydrogen) atoms. The van der Waals surface area contributed by atoms with Gasteiger partial charge in [0.15, 0.2) is 0 Å². The first-order valence-corrected chi connectivity index (χ1v) is 4.14. The third-order valence-corrected chi connectivity index (χ3v) is 1.59. The monoisotopic (exact) mass is 166 g/mol. The second-order valence-corrected chi connectivity index (χ2v) is 2.60. The molecule has 3 N–H and O–H groups in total. The lowest BCUT2D eigenvalue weighted by atomic mass is 10.3. The Labute approximate surface area is 72.2 Å². The van der Waals surface area contributed by atoms with Crippen molar-refractivity contribution in [2.45, 2.75) is 19.8 Å². The van der Waals surface area contributed by atoms with Gasteiger partial charge in [-0.15, -0.1) is 0 Å². The summed E-state index contributed by atoms with van der Waals surface area (Å²) < 4.78 is 0. The Morgan fingerprint density at radius 2 is 2.42 bits per heavy atom. The average Bonchev–Trinajstić information content (AvgIpc) is 2.09. The molecule has 0 aromatic carbocycles. The van der Waals surface area contributed by atoms with E-state index < -0.39 is 0 Å². The highest BCUT2D eigenvalue weighted by Gasteiger charge is 1.96. The van der Waals surface area contributed by atoms with Crippen molar-refractivity contribution in [2.24, 2.45) is 0 Å². The van der Waals surface area contributed by atoms with Crippen molar-refractivity contribution in [1.29, 1.82) is 0 Å². The summed E-state index contributed by atoms with van der Waals surface area (Å²) in [6, 6.07) is 0. The molecule has 1 aromatic heterocycles. The smallest absolute Gasteiger partial charge is 0.150 e. The predicted molar refractivity (Wildman–Crippen MR) is 49.8 cm³/mol. The first-order valence-electron chi connectivity index (χ1n) is 4.14. The molecule has 4 heteroatoms. The molecule has 0 unspecified atom stereocenters. The Morgan fingerprint density at radius 1 is 1.58 bits per heavy atom. The van der Waals surface area contributed by atoms with Crippen LogP contribution < -0.4 is 11.1 Å². The third kappa shape index (κ3) is 2.38. The Kier molecular flexibility index (Phi) is 3.32. The molecule has 1 heterocycles. The zero-order valence-corrected chi connectivity index (χ0v) is 7.25. The average molecular weight is 166 g/mol. The molecule has 0 aliphatic rings. The van der Waals surface area contributed by atoms with Crippen LogP contribution in [0, 0.1) is 0 Å². The Balaban J connectivity index is 2.46. The number of nitrogens with one attached hydrogen (secondary N) is 1. The van der Waals surface area contributed by atoms with Gasteiger partial charge in [0.05, 0.1) is 11.9 Å². The molecule has 0 aliphatic carbocycles. The number of hydrogen-bond donors (Lipinski definition) is 2. The zero-order chi connectivity index (χ0) is 8.81. The van der Waals surface area contributed by atoms with Crippen molar-refractivity contribution < 1.29 is 0 Å². The van der Waals surface area contributed by atoms with E-state index in [1.165, 1.54) is 12.7 Å². The van der Waals surface area contributed by atoms with E-state index in [1.54, 1.807) is 6.20 Å². The van der Waals surface area contributed by atoms with Gasteiger partial charge in [0.25, 0.3) is 0 Å². The summed E-state index contributed by atoms with van der Waals surface area (Å²) >= 11 is 0. The molecular weight excluding hydrogens is 152 g/mol. The molecule has 0 aliphatic heterocycles. The topological polar surface area (TPSA) is 63.8 Å². The van der Waals surface area contributed by atoms with Gasteiger partial charge in [0.1, 0.15) is 12.1 Å². The normalized spacial score (nSPS) is 9.75. The molecule has 66 valence electrons. The first-order chi connectivity index (χ1) is 5.84. The summed E-state index contributed by atoms with van der Waals surface area (Å²) in [5.41, 5.74) is 6.41. The molecule has 0 amide bonds. The molecule has 0 fully saturated rings. The minimum Gasteiger partial charge on any atom is -0.382 e. The van der Waals surface area contributed by atoms with Crippen LogP contribution in [0.3, 0.4) is 0 Å². The largest absolute Gasteiger partial charge is 0.382 e. The molecule has 0 atom stereocenters. The minimum absolute atomic E-state index is 0.515. The first kappa shape index (κ1) is 8.77. The van der Waals surface area contributed by atoms with Crippen molar-refractivity contribution >= 4 is 11.5 Å². The van der Waals surface area contributed by atoms with Crippen LogP contribution in [-0.2, 0) is 0 Å². The molecule has 0 spiro atoms. The van der Waals surface area contributed by atoms with Gasteiger partial charge in [-0.1, -0.05) is 13.3 Å². The maximum absolute atomic E-state index is 5.59. The van der Waals surface area contributed by atoms with Gasteiger partial charge in [-0.25, -0.2) is 9.97 Å². The number of rotatable bonds is 4. The van der Waals surface area contributed by atoms with Gasteiger partial charge >= 0.3 is 0 Å². The van der Waals surface area contributed by atoms with Crippen LogP contribution in [0.5, 0.6) is 0 Å². The summed E-state index contributed by atoms with van der Waals surface area (Å²) in [6.07, 6.45) is 5.44. The number of nitrogens with two attached hydrogens (primary N) is 1. The fourth-order valence-electron chi connectivity index (χ4n) is 0.875. The number of aromatic nitrogens is 2. The molecule has 0 radical (unpaired) electrons. The quantitative estimate of drug-likeness (QED) is 0.661. The summed E-state index contributed by atoms with van der Waals surface area (Å²) in [5, 5.41) is 3.16. The van der Waals surface area contributed by atoms with Crippen LogP contribution in [-0.4, -0.2) is 16.5 Å². The Bertz CT molecular complexity index is 236. The van der Waals surface area contributed by atoms with Crippen LogP contribution in [0.2, 0.25) is 0 Å².